The molecule has 0 aliphatic heterocycles. The number of esters is 2. The van der Waals surface area contributed by atoms with Gasteiger partial charge in [-0.2, -0.15) is 0 Å². The Bertz CT molecular complexity index is 922. The Morgan fingerprint density at radius 3 is 1.79 bits per heavy atom. The van der Waals surface area contributed by atoms with E-state index in [1.54, 1.807) is 69.3 Å². The van der Waals surface area contributed by atoms with Crippen LogP contribution in [0.25, 0.3) is 0 Å². The summed E-state index contributed by atoms with van der Waals surface area (Å²) >= 11 is 0. The molecule has 8 heteroatoms. The minimum absolute atomic E-state index is 0.0311. The molecule has 0 unspecified atom stereocenters. The zero-order chi connectivity index (χ0) is 24.4. The molecular weight excluding hydrogens is 424 g/mol. The monoisotopic (exact) mass is 454 g/mol. The van der Waals surface area contributed by atoms with Gasteiger partial charge in [0.25, 0.3) is 0 Å². The molecule has 2 aromatic rings. The maximum Gasteiger partial charge on any atom is 0.312 e. The molecule has 8 nitrogen and oxygen atoms in total. The molecule has 0 aliphatic carbocycles. The number of ether oxygens (including phenoxy) is 2. The number of hydrogen-bond donors (Lipinski definition) is 2. The first-order valence-corrected chi connectivity index (χ1v) is 10.8. The summed E-state index contributed by atoms with van der Waals surface area (Å²) in [7, 11) is 0. The van der Waals surface area contributed by atoms with E-state index >= 15 is 0 Å². The smallest absolute Gasteiger partial charge is 0.312 e. The molecule has 2 amide bonds. The van der Waals surface area contributed by atoms with E-state index in [-0.39, 0.29) is 13.2 Å². The summed E-state index contributed by atoms with van der Waals surface area (Å²) in [4.78, 5) is 50.8. The molecule has 3 N–H and O–H groups in total. The lowest BCUT2D eigenvalue weighted by atomic mass is 9.75. The standard InChI is InChI=1S/C25H30N2O6/c1-4-32-20(28)16-19(23(30)33-5-2)21(22(26)29)27-24(31)25(3,17-12-8-6-9-13-17)18-14-10-7-11-15-18/h6-15,19,21H,4-5,16H2,1-3H3,(H2,26,29)(H,27,31)/t19-,21-/m0/s1. The second-order valence-electron chi connectivity index (χ2n) is 7.58. The Balaban J connectivity index is 2.47. The average molecular weight is 455 g/mol. The van der Waals surface area contributed by atoms with E-state index in [0.717, 1.165) is 0 Å². The zero-order valence-electron chi connectivity index (χ0n) is 19.1. The first kappa shape index (κ1) is 25.6. The minimum atomic E-state index is -1.48. The molecule has 0 aliphatic rings. The van der Waals surface area contributed by atoms with Crippen molar-refractivity contribution in [3.8, 4) is 0 Å². The van der Waals surface area contributed by atoms with Crippen LogP contribution in [0, 0.1) is 5.92 Å². The molecule has 0 radical (unpaired) electrons. The third-order valence-corrected chi connectivity index (χ3v) is 5.43. The number of carbonyl (C=O) groups excluding carboxylic acids is 4. The minimum Gasteiger partial charge on any atom is -0.466 e. The lowest BCUT2D eigenvalue weighted by Crippen LogP contribution is -2.56. The number of rotatable bonds is 11. The van der Waals surface area contributed by atoms with Crippen molar-refractivity contribution in [3.63, 3.8) is 0 Å². The van der Waals surface area contributed by atoms with Crippen LogP contribution < -0.4 is 11.1 Å². The second kappa shape index (κ2) is 11.8. The quantitative estimate of drug-likeness (QED) is 0.501. The first-order chi connectivity index (χ1) is 15.7. The summed E-state index contributed by atoms with van der Waals surface area (Å²) < 4.78 is 9.97. The highest BCUT2D eigenvalue weighted by atomic mass is 16.5. The first-order valence-electron chi connectivity index (χ1n) is 10.8. The highest BCUT2D eigenvalue weighted by Gasteiger charge is 2.43. The van der Waals surface area contributed by atoms with Gasteiger partial charge in [-0.25, -0.2) is 0 Å². The number of carbonyl (C=O) groups is 4. The van der Waals surface area contributed by atoms with E-state index in [1.165, 1.54) is 0 Å². The lowest BCUT2D eigenvalue weighted by molar-refractivity contribution is -0.157. The molecule has 0 fully saturated rings. The van der Waals surface area contributed by atoms with Crippen molar-refractivity contribution in [1.82, 2.24) is 5.32 Å². The highest BCUT2D eigenvalue weighted by molar-refractivity contribution is 5.97. The summed E-state index contributed by atoms with van der Waals surface area (Å²) in [5, 5.41) is 2.62. The molecule has 2 rings (SSSR count). The van der Waals surface area contributed by atoms with Crippen molar-refractivity contribution in [2.24, 2.45) is 11.7 Å². The molecule has 0 saturated heterocycles. The third-order valence-electron chi connectivity index (χ3n) is 5.43. The third kappa shape index (κ3) is 6.19. The Kier molecular flexibility index (Phi) is 9.15. The molecule has 0 spiro atoms. The topological polar surface area (TPSA) is 125 Å². The predicted octanol–water partition coefficient (Wildman–Crippen LogP) is 2.10. The zero-order valence-corrected chi connectivity index (χ0v) is 19.1. The van der Waals surface area contributed by atoms with Crippen LogP contribution in [-0.2, 0) is 34.1 Å². The second-order valence-corrected chi connectivity index (χ2v) is 7.58. The predicted molar refractivity (Wildman–Crippen MR) is 122 cm³/mol. The van der Waals surface area contributed by atoms with Crippen molar-refractivity contribution in [2.45, 2.75) is 38.6 Å². The van der Waals surface area contributed by atoms with Gasteiger partial charge in [0.15, 0.2) is 0 Å². The molecule has 2 atom stereocenters. The van der Waals surface area contributed by atoms with Crippen molar-refractivity contribution in [1.29, 1.82) is 0 Å². The van der Waals surface area contributed by atoms with E-state index in [2.05, 4.69) is 5.32 Å². The molecule has 0 bridgehead atoms. The molecule has 0 saturated carbocycles. The summed E-state index contributed by atoms with van der Waals surface area (Å²) in [6, 6.07) is 16.6. The van der Waals surface area contributed by atoms with Crippen molar-refractivity contribution in [3.05, 3.63) is 71.8 Å². The average Bonchev–Trinajstić information content (AvgIpc) is 2.81. The van der Waals surface area contributed by atoms with Gasteiger partial charge < -0.3 is 20.5 Å². The van der Waals surface area contributed by atoms with E-state index in [1.807, 2.05) is 12.1 Å². The summed E-state index contributed by atoms with van der Waals surface area (Å²) in [5.41, 5.74) is 5.72. The van der Waals surface area contributed by atoms with Crippen LogP contribution in [0.5, 0.6) is 0 Å². The molecule has 33 heavy (non-hydrogen) atoms. The van der Waals surface area contributed by atoms with E-state index < -0.39 is 47.5 Å². The Morgan fingerprint density at radius 1 is 0.879 bits per heavy atom. The maximum atomic E-state index is 13.7. The number of amides is 2. The summed E-state index contributed by atoms with van der Waals surface area (Å²) in [5.74, 6) is -4.38. The van der Waals surface area contributed by atoms with Crippen molar-refractivity contribution < 1.29 is 28.7 Å². The Morgan fingerprint density at radius 2 is 1.36 bits per heavy atom. The van der Waals surface area contributed by atoms with Crippen LogP contribution in [-0.4, -0.2) is 43.0 Å². The summed E-state index contributed by atoms with van der Waals surface area (Å²) in [6.07, 6.45) is -0.464. The Hall–Kier alpha value is -3.68. The molecular formula is C25H30N2O6. The van der Waals surface area contributed by atoms with E-state index in [9.17, 15) is 19.2 Å². The Labute approximate surface area is 193 Å². The van der Waals surface area contributed by atoms with Crippen LogP contribution in [0.1, 0.15) is 38.3 Å². The number of benzene rings is 2. The lowest BCUT2D eigenvalue weighted by Gasteiger charge is -2.32. The van der Waals surface area contributed by atoms with Gasteiger partial charge in [-0.1, -0.05) is 60.7 Å². The molecule has 0 heterocycles. The van der Waals surface area contributed by atoms with Gasteiger partial charge in [-0.05, 0) is 31.9 Å². The maximum absolute atomic E-state index is 13.7. The van der Waals surface area contributed by atoms with Crippen molar-refractivity contribution >= 4 is 23.8 Å². The SMILES string of the molecule is CCOC(=O)C[C@H](C(=O)OCC)[C@H](NC(=O)C(C)(c1ccccc1)c1ccccc1)C(N)=O. The van der Waals surface area contributed by atoms with E-state index in [4.69, 9.17) is 15.2 Å². The number of primary amides is 1. The fourth-order valence-electron chi connectivity index (χ4n) is 3.61. The largest absolute Gasteiger partial charge is 0.466 e. The number of nitrogens with two attached hydrogens (primary N) is 1. The van der Waals surface area contributed by atoms with Gasteiger partial charge in [0.2, 0.25) is 11.8 Å². The van der Waals surface area contributed by atoms with Gasteiger partial charge in [-0.3, -0.25) is 19.2 Å². The fraction of sp³-hybridized carbons (Fsp3) is 0.360. The van der Waals surface area contributed by atoms with E-state index in [0.29, 0.717) is 11.1 Å². The van der Waals surface area contributed by atoms with Crippen LogP contribution >= 0.6 is 0 Å². The normalized spacial score (nSPS) is 12.8. The highest BCUT2D eigenvalue weighted by Crippen LogP contribution is 2.32. The van der Waals surface area contributed by atoms with Gasteiger partial charge in [0, 0.05) is 0 Å². The van der Waals surface area contributed by atoms with Gasteiger partial charge >= 0.3 is 11.9 Å². The van der Waals surface area contributed by atoms with Gasteiger partial charge in [-0.15, -0.1) is 0 Å². The van der Waals surface area contributed by atoms with Crippen LogP contribution in [0.2, 0.25) is 0 Å². The number of hydrogen-bond acceptors (Lipinski definition) is 6. The van der Waals surface area contributed by atoms with Crippen LogP contribution in [0.4, 0.5) is 0 Å². The van der Waals surface area contributed by atoms with Crippen LogP contribution in [0.15, 0.2) is 60.7 Å². The van der Waals surface area contributed by atoms with Gasteiger partial charge in [0.05, 0.1) is 31.0 Å². The molecule has 176 valence electrons. The number of nitrogens with one attached hydrogen (secondary N) is 1. The van der Waals surface area contributed by atoms with Gasteiger partial charge in [0.1, 0.15) is 6.04 Å². The fourth-order valence-corrected chi connectivity index (χ4v) is 3.61. The molecule has 2 aromatic carbocycles. The van der Waals surface area contributed by atoms with Crippen molar-refractivity contribution in [2.75, 3.05) is 13.2 Å². The summed E-state index contributed by atoms with van der Waals surface area (Å²) in [6.45, 7) is 5.07. The molecule has 0 aromatic heterocycles. The van der Waals surface area contributed by atoms with Crippen LogP contribution in [0.3, 0.4) is 0 Å².